The van der Waals surface area contributed by atoms with Crippen LogP contribution in [0.3, 0.4) is 0 Å². The Labute approximate surface area is 176 Å². The lowest BCUT2D eigenvalue weighted by atomic mass is 10.1. The maximum atomic E-state index is 12.1. The molecule has 1 aliphatic carbocycles. The molecular formula is C23H27N5O2. The number of ether oxygens (including phenoxy) is 1. The fraction of sp³-hybridized carbons (Fsp3) is 0.391. The van der Waals surface area contributed by atoms with E-state index in [1.54, 1.807) is 17.0 Å². The number of hydrogen-bond acceptors (Lipinski definition) is 6. The van der Waals surface area contributed by atoms with Crippen LogP contribution in [0.2, 0.25) is 0 Å². The number of anilines is 1. The maximum Gasteiger partial charge on any atom is 0.326 e. The minimum Gasteiger partial charge on any atom is -0.459 e. The van der Waals surface area contributed by atoms with Crippen LogP contribution >= 0.6 is 0 Å². The van der Waals surface area contributed by atoms with E-state index in [4.69, 9.17) is 4.74 Å². The molecule has 0 saturated carbocycles. The molecular weight excluding hydrogens is 378 g/mol. The largest absolute Gasteiger partial charge is 0.459 e. The van der Waals surface area contributed by atoms with Crippen LogP contribution in [0.15, 0.2) is 42.9 Å². The Kier molecular flexibility index (Phi) is 5.28. The molecule has 1 N–H and O–H groups in total. The average molecular weight is 406 g/mol. The van der Waals surface area contributed by atoms with Crippen molar-refractivity contribution in [2.45, 2.75) is 58.7 Å². The minimum atomic E-state index is -0.508. The SMILES string of the molecule is Cc1nc(-c2cnc(NC3Cc4ccccc4C3)nc2)cn1CC(=O)OC(C)(C)C. The summed E-state index contributed by atoms with van der Waals surface area (Å²) in [5.41, 5.74) is 3.80. The van der Waals surface area contributed by atoms with Crippen molar-refractivity contribution < 1.29 is 9.53 Å². The van der Waals surface area contributed by atoms with Gasteiger partial charge in [0.25, 0.3) is 0 Å². The van der Waals surface area contributed by atoms with E-state index < -0.39 is 5.60 Å². The number of hydrogen-bond donors (Lipinski definition) is 1. The molecule has 0 unspecified atom stereocenters. The molecule has 2 aromatic heterocycles. The van der Waals surface area contributed by atoms with Crippen molar-refractivity contribution in [2.75, 3.05) is 5.32 Å². The van der Waals surface area contributed by atoms with Gasteiger partial charge in [0.2, 0.25) is 5.95 Å². The minimum absolute atomic E-state index is 0.124. The van der Waals surface area contributed by atoms with E-state index in [0.717, 1.165) is 29.9 Å². The molecule has 0 atom stereocenters. The lowest BCUT2D eigenvalue weighted by molar-refractivity contribution is -0.155. The van der Waals surface area contributed by atoms with Crippen molar-refractivity contribution in [3.63, 3.8) is 0 Å². The zero-order valence-electron chi connectivity index (χ0n) is 17.8. The lowest BCUT2D eigenvalue weighted by Gasteiger charge is -2.19. The second-order valence-electron chi connectivity index (χ2n) is 8.70. The van der Waals surface area contributed by atoms with E-state index in [0.29, 0.717) is 12.0 Å². The average Bonchev–Trinajstić information content (AvgIpc) is 3.24. The lowest BCUT2D eigenvalue weighted by Crippen LogP contribution is -2.26. The standard InChI is InChI=1S/C23H27N5O2/c1-15-26-20(13-28(15)14-21(29)30-23(2,3)4)18-11-24-22(25-12-18)27-19-9-16-7-5-6-8-17(16)10-19/h5-8,11-13,19H,9-10,14H2,1-4H3,(H,24,25,27). The van der Waals surface area contributed by atoms with Gasteiger partial charge >= 0.3 is 5.97 Å². The van der Waals surface area contributed by atoms with E-state index in [1.807, 2.05) is 33.9 Å². The van der Waals surface area contributed by atoms with E-state index >= 15 is 0 Å². The van der Waals surface area contributed by atoms with Gasteiger partial charge in [-0.25, -0.2) is 15.0 Å². The van der Waals surface area contributed by atoms with E-state index in [2.05, 4.69) is 44.5 Å². The van der Waals surface area contributed by atoms with Crippen molar-refractivity contribution in [2.24, 2.45) is 0 Å². The third kappa shape index (κ3) is 4.67. The van der Waals surface area contributed by atoms with Gasteiger partial charge in [-0.05, 0) is 51.7 Å². The highest BCUT2D eigenvalue weighted by atomic mass is 16.6. The third-order valence-electron chi connectivity index (χ3n) is 5.03. The number of carbonyl (C=O) groups is 1. The van der Waals surface area contributed by atoms with Crippen LogP contribution < -0.4 is 5.32 Å². The Morgan fingerprint density at radius 3 is 2.40 bits per heavy atom. The van der Waals surface area contributed by atoms with Crippen LogP contribution in [0.25, 0.3) is 11.3 Å². The predicted molar refractivity (Wildman–Crippen MR) is 115 cm³/mol. The van der Waals surface area contributed by atoms with Crippen molar-refractivity contribution in [3.05, 3.63) is 59.8 Å². The van der Waals surface area contributed by atoms with Gasteiger partial charge in [0.1, 0.15) is 18.0 Å². The summed E-state index contributed by atoms with van der Waals surface area (Å²) in [5.74, 6) is 1.06. The van der Waals surface area contributed by atoms with E-state index in [9.17, 15) is 4.79 Å². The van der Waals surface area contributed by atoms with Gasteiger partial charge in [0, 0.05) is 30.2 Å². The van der Waals surface area contributed by atoms with Gasteiger partial charge < -0.3 is 14.6 Å². The highest BCUT2D eigenvalue weighted by molar-refractivity contribution is 5.70. The molecule has 0 radical (unpaired) electrons. The first-order valence-corrected chi connectivity index (χ1v) is 10.2. The molecule has 0 aliphatic heterocycles. The summed E-state index contributed by atoms with van der Waals surface area (Å²) in [6.07, 6.45) is 7.32. The van der Waals surface area contributed by atoms with Crippen molar-refractivity contribution >= 4 is 11.9 Å². The Balaban J connectivity index is 1.40. The van der Waals surface area contributed by atoms with Crippen LogP contribution in [0.4, 0.5) is 5.95 Å². The first-order chi connectivity index (χ1) is 14.3. The fourth-order valence-electron chi connectivity index (χ4n) is 3.70. The van der Waals surface area contributed by atoms with Crippen molar-refractivity contribution in [1.29, 1.82) is 0 Å². The Hall–Kier alpha value is -3.22. The molecule has 30 heavy (non-hydrogen) atoms. The monoisotopic (exact) mass is 405 g/mol. The topological polar surface area (TPSA) is 81.9 Å². The number of rotatable bonds is 5. The zero-order valence-corrected chi connectivity index (χ0v) is 17.8. The van der Waals surface area contributed by atoms with Crippen LogP contribution in [-0.4, -0.2) is 37.1 Å². The Morgan fingerprint density at radius 2 is 1.80 bits per heavy atom. The second kappa shape index (κ2) is 7.89. The quantitative estimate of drug-likeness (QED) is 0.654. The highest BCUT2D eigenvalue weighted by Gasteiger charge is 2.21. The van der Waals surface area contributed by atoms with E-state index in [-0.39, 0.29) is 12.5 Å². The molecule has 0 amide bonds. The number of aromatic nitrogens is 4. The first-order valence-electron chi connectivity index (χ1n) is 10.2. The molecule has 3 aromatic rings. The number of imidazole rings is 1. The van der Waals surface area contributed by atoms with Crippen LogP contribution in [-0.2, 0) is 28.9 Å². The van der Waals surface area contributed by atoms with Crippen LogP contribution in [0, 0.1) is 6.92 Å². The normalized spacial score (nSPS) is 13.9. The number of benzene rings is 1. The number of nitrogens with one attached hydrogen (secondary N) is 1. The Morgan fingerprint density at radius 1 is 1.17 bits per heavy atom. The maximum absolute atomic E-state index is 12.1. The molecule has 2 heterocycles. The van der Waals surface area contributed by atoms with Gasteiger partial charge in [-0.3, -0.25) is 4.79 Å². The molecule has 4 rings (SSSR count). The number of nitrogens with zero attached hydrogens (tertiary/aromatic N) is 4. The summed E-state index contributed by atoms with van der Waals surface area (Å²) < 4.78 is 7.18. The molecule has 0 fully saturated rings. The molecule has 7 heteroatoms. The molecule has 7 nitrogen and oxygen atoms in total. The third-order valence-corrected chi connectivity index (χ3v) is 5.03. The summed E-state index contributed by atoms with van der Waals surface area (Å²) in [6, 6.07) is 8.82. The molecule has 0 spiro atoms. The molecule has 0 bridgehead atoms. The summed E-state index contributed by atoms with van der Waals surface area (Å²) in [6.45, 7) is 7.55. The second-order valence-corrected chi connectivity index (χ2v) is 8.70. The number of aryl methyl sites for hydroxylation is 1. The van der Waals surface area contributed by atoms with Gasteiger partial charge in [0.15, 0.2) is 0 Å². The van der Waals surface area contributed by atoms with Crippen molar-refractivity contribution in [3.8, 4) is 11.3 Å². The van der Waals surface area contributed by atoms with Gasteiger partial charge in [-0.2, -0.15) is 0 Å². The molecule has 1 aliphatic rings. The van der Waals surface area contributed by atoms with Crippen LogP contribution in [0.1, 0.15) is 37.7 Å². The van der Waals surface area contributed by atoms with E-state index in [1.165, 1.54) is 11.1 Å². The Bertz CT molecular complexity index is 1030. The molecule has 0 saturated heterocycles. The van der Waals surface area contributed by atoms with Crippen molar-refractivity contribution in [1.82, 2.24) is 19.5 Å². The summed E-state index contributed by atoms with van der Waals surface area (Å²) in [7, 11) is 0. The predicted octanol–water partition coefficient (Wildman–Crippen LogP) is 3.57. The summed E-state index contributed by atoms with van der Waals surface area (Å²) in [5, 5.41) is 3.42. The number of esters is 1. The number of fused-ring (bicyclic) bond motifs is 1. The zero-order chi connectivity index (χ0) is 21.3. The smallest absolute Gasteiger partial charge is 0.326 e. The van der Waals surface area contributed by atoms with Gasteiger partial charge in [-0.15, -0.1) is 0 Å². The fourth-order valence-corrected chi connectivity index (χ4v) is 3.70. The first kappa shape index (κ1) is 20.1. The van der Waals surface area contributed by atoms with Crippen LogP contribution in [0.5, 0.6) is 0 Å². The van der Waals surface area contributed by atoms with Gasteiger partial charge in [0.05, 0.1) is 5.69 Å². The molecule has 1 aromatic carbocycles. The summed E-state index contributed by atoms with van der Waals surface area (Å²) >= 11 is 0. The van der Waals surface area contributed by atoms with Gasteiger partial charge in [-0.1, -0.05) is 24.3 Å². The summed E-state index contributed by atoms with van der Waals surface area (Å²) in [4.78, 5) is 25.6. The number of carbonyl (C=O) groups excluding carboxylic acids is 1. The molecule has 156 valence electrons. The highest BCUT2D eigenvalue weighted by Crippen LogP contribution is 2.24.